The Hall–Kier alpha value is -3.34. The molecule has 29 heavy (non-hydrogen) atoms. The van der Waals surface area contributed by atoms with Gasteiger partial charge in [0.25, 0.3) is 11.6 Å². The normalized spacial score (nSPS) is 18.7. The second-order valence-corrected chi connectivity index (χ2v) is 7.48. The van der Waals surface area contributed by atoms with Gasteiger partial charge in [-0.25, -0.2) is 9.78 Å². The molecular formula is C18H19N5O5S. The Labute approximate surface area is 170 Å². The summed E-state index contributed by atoms with van der Waals surface area (Å²) in [5.41, 5.74) is -0.800. The predicted molar refractivity (Wildman–Crippen MR) is 105 cm³/mol. The number of amides is 4. The van der Waals surface area contributed by atoms with E-state index >= 15 is 0 Å². The van der Waals surface area contributed by atoms with Crippen molar-refractivity contribution in [3.8, 4) is 0 Å². The van der Waals surface area contributed by atoms with Crippen LogP contribution in [0, 0.1) is 10.1 Å². The molecule has 1 N–H and O–H groups in total. The summed E-state index contributed by atoms with van der Waals surface area (Å²) in [4.78, 5) is 54.5. The number of nitro benzene ring substituents is 1. The Balaban J connectivity index is 1.84. The summed E-state index contributed by atoms with van der Waals surface area (Å²) in [6, 6.07) is 5.00. The van der Waals surface area contributed by atoms with Crippen molar-refractivity contribution in [2.24, 2.45) is 0 Å². The minimum absolute atomic E-state index is 0.0683. The lowest BCUT2D eigenvalue weighted by Crippen LogP contribution is -2.40. The average molecular weight is 417 g/mol. The lowest BCUT2D eigenvalue weighted by Gasteiger charge is -2.21. The van der Waals surface area contributed by atoms with Crippen molar-refractivity contribution in [3.05, 3.63) is 51.0 Å². The lowest BCUT2D eigenvalue weighted by atomic mass is 9.91. The first kappa shape index (κ1) is 20.4. The van der Waals surface area contributed by atoms with Crippen molar-refractivity contribution in [1.29, 1.82) is 0 Å². The van der Waals surface area contributed by atoms with Crippen molar-refractivity contribution in [2.75, 3.05) is 11.4 Å². The van der Waals surface area contributed by atoms with Gasteiger partial charge in [0, 0.05) is 31.0 Å². The third-order valence-corrected chi connectivity index (χ3v) is 5.61. The Morgan fingerprint density at radius 2 is 2.14 bits per heavy atom. The van der Waals surface area contributed by atoms with Crippen molar-refractivity contribution in [1.82, 2.24) is 15.2 Å². The largest absolute Gasteiger partial charge is 0.325 e. The average Bonchev–Trinajstić information content (AvgIpc) is 3.21. The van der Waals surface area contributed by atoms with Gasteiger partial charge in [-0.2, -0.15) is 0 Å². The molecule has 2 heterocycles. The maximum Gasteiger partial charge on any atom is 0.325 e. The van der Waals surface area contributed by atoms with Crippen molar-refractivity contribution >= 4 is 40.0 Å². The summed E-state index contributed by atoms with van der Waals surface area (Å²) in [6.45, 7) is 5.15. The van der Waals surface area contributed by atoms with Crippen LogP contribution in [0.4, 0.5) is 15.6 Å². The third-order valence-electron chi connectivity index (χ3n) is 4.70. The van der Waals surface area contributed by atoms with Gasteiger partial charge in [-0.1, -0.05) is 12.1 Å². The van der Waals surface area contributed by atoms with E-state index in [9.17, 15) is 24.5 Å². The van der Waals surface area contributed by atoms with E-state index in [0.717, 1.165) is 4.90 Å². The summed E-state index contributed by atoms with van der Waals surface area (Å²) in [5.74, 6) is -0.682. The van der Waals surface area contributed by atoms with Crippen LogP contribution < -0.4 is 10.2 Å². The van der Waals surface area contributed by atoms with Gasteiger partial charge in [0.15, 0.2) is 5.13 Å². The monoisotopic (exact) mass is 417 g/mol. The first-order valence-corrected chi connectivity index (χ1v) is 9.67. The minimum atomic E-state index is -1.42. The molecule has 2 aromatic rings. The fourth-order valence-electron chi connectivity index (χ4n) is 3.11. The molecule has 1 saturated heterocycles. The van der Waals surface area contributed by atoms with Gasteiger partial charge in [0.05, 0.1) is 17.2 Å². The second-order valence-electron chi connectivity index (χ2n) is 6.64. The van der Waals surface area contributed by atoms with Crippen LogP contribution in [-0.2, 0) is 21.7 Å². The number of thiazole rings is 1. The molecule has 152 valence electrons. The number of imide groups is 1. The van der Waals surface area contributed by atoms with Crippen molar-refractivity contribution in [2.45, 2.75) is 32.9 Å². The number of nitro groups is 1. The standard InChI is InChI=1S/C18H19N5O5S/c1-4-21(11(2)24)17-19-13(10-29-17)9-22-15(25)18(3,20-16(22)26)12-6-5-7-14(8-12)23(27)28/h5-8,10H,4,9H2,1-3H3,(H,20,26). The molecule has 4 amide bonds. The van der Waals surface area contributed by atoms with E-state index in [1.54, 1.807) is 11.4 Å². The maximum atomic E-state index is 13.0. The van der Waals surface area contributed by atoms with Crippen molar-refractivity contribution < 1.29 is 19.3 Å². The Bertz CT molecular complexity index is 1010. The topological polar surface area (TPSA) is 126 Å². The number of aromatic nitrogens is 1. The van der Waals surface area contributed by atoms with Gasteiger partial charge in [0.2, 0.25) is 5.91 Å². The molecule has 11 heteroatoms. The summed E-state index contributed by atoms with van der Waals surface area (Å²) in [6.07, 6.45) is 0. The van der Waals surface area contributed by atoms with Gasteiger partial charge in [-0.3, -0.25) is 29.5 Å². The number of rotatable bonds is 6. The zero-order chi connectivity index (χ0) is 21.3. The Morgan fingerprint density at radius 3 is 2.76 bits per heavy atom. The molecule has 1 fully saturated rings. The van der Waals surface area contributed by atoms with E-state index in [0.29, 0.717) is 22.9 Å². The van der Waals surface area contributed by atoms with Gasteiger partial charge in [0.1, 0.15) is 5.54 Å². The van der Waals surface area contributed by atoms with Crippen LogP contribution in [0.5, 0.6) is 0 Å². The highest BCUT2D eigenvalue weighted by Crippen LogP contribution is 2.32. The Morgan fingerprint density at radius 1 is 1.41 bits per heavy atom. The van der Waals surface area contributed by atoms with Crippen LogP contribution in [0.2, 0.25) is 0 Å². The highest BCUT2D eigenvalue weighted by Gasteiger charge is 2.49. The molecule has 0 spiro atoms. The molecular weight excluding hydrogens is 398 g/mol. The van der Waals surface area contributed by atoms with Gasteiger partial charge < -0.3 is 5.32 Å². The molecule has 1 aliphatic rings. The molecule has 1 aliphatic heterocycles. The molecule has 1 aromatic carbocycles. The number of anilines is 1. The smallest absolute Gasteiger partial charge is 0.319 e. The van der Waals surface area contributed by atoms with Gasteiger partial charge in [-0.15, -0.1) is 11.3 Å². The van der Waals surface area contributed by atoms with E-state index in [1.165, 1.54) is 48.3 Å². The first-order chi connectivity index (χ1) is 13.7. The molecule has 3 rings (SSSR count). The Kier molecular flexibility index (Phi) is 5.33. The molecule has 1 unspecified atom stereocenters. The number of nitrogens with one attached hydrogen (secondary N) is 1. The fourth-order valence-corrected chi connectivity index (χ4v) is 4.04. The molecule has 1 aromatic heterocycles. The lowest BCUT2D eigenvalue weighted by molar-refractivity contribution is -0.385. The fraction of sp³-hybridized carbons (Fsp3) is 0.333. The second kappa shape index (κ2) is 7.59. The quantitative estimate of drug-likeness (QED) is 0.437. The molecule has 10 nitrogen and oxygen atoms in total. The van der Waals surface area contributed by atoms with Crippen LogP contribution in [-0.4, -0.2) is 39.2 Å². The maximum absolute atomic E-state index is 13.0. The van der Waals surface area contributed by atoms with Gasteiger partial charge in [-0.05, 0) is 19.4 Å². The summed E-state index contributed by atoms with van der Waals surface area (Å²) in [5, 5.41) is 15.8. The number of urea groups is 1. The number of hydrogen-bond acceptors (Lipinski definition) is 7. The summed E-state index contributed by atoms with van der Waals surface area (Å²) < 4.78 is 0. The van der Waals surface area contributed by atoms with E-state index in [-0.39, 0.29) is 18.1 Å². The van der Waals surface area contributed by atoms with E-state index in [1.807, 2.05) is 6.92 Å². The zero-order valence-corrected chi connectivity index (χ0v) is 16.9. The van der Waals surface area contributed by atoms with E-state index in [2.05, 4.69) is 10.3 Å². The first-order valence-electron chi connectivity index (χ1n) is 8.79. The van der Waals surface area contributed by atoms with E-state index in [4.69, 9.17) is 0 Å². The van der Waals surface area contributed by atoms with E-state index < -0.39 is 22.4 Å². The molecule has 0 radical (unpaired) electrons. The minimum Gasteiger partial charge on any atom is -0.319 e. The van der Waals surface area contributed by atoms with Crippen LogP contribution >= 0.6 is 11.3 Å². The number of carbonyl (C=O) groups is 3. The number of benzene rings is 1. The number of hydrogen-bond donors (Lipinski definition) is 1. The molecule has 0 aliphatic carbocycles. The molecule has 0 saturated carbocycles. The molecule has 0 bridgehead atoms. The van der Waals surface area contributed by atoms with Crippen LogP contribution in [0.3, 0.4) is 0 Å². The number of non-ortho nitro benzene ring substituents is 1. The van der Waals surface area contributed by atoms with Crippen LogP contribution in [0.25, 0.3) is 0 Å². The SMILES string of the molecule is CCN(C(C)=O)c1nc(CN2C(=O)NC(C)(c3cccc([N+](=O)[O-])c3)C2=O)cs1. The highest BCUT2D eigenvalue weighted by atomic mass is 32.1. The summed E-state index contributed by atoms with van der Waals surface area (Å²) in [7, 11) is 0. The van der Waals surface area contributed by atoms with Crippen molar-refractivity contribution in [3.63, 3.8) is 0 Å². The number of nitrogens with zero attached hydrogens (tertiary/aromatic N) is 4. The molecule has 1 atom stereocenters. The predicted octanol–water partition coefficient (Wildman–Crippen LogP) is 2.39. The van der Waals surface area contributed by atoms with Gasteiger partial charge >= 0.3 is 6.03 Å². The zero-order valence-electron chi connectivity index (χ0n) is 16.0. The van der Waals surface area contributed by atoms with Crippen LogP contribution in [0.1, 0.15) is 32.0 Å². The van der Waals surface area contributed by atoms with Crippen LogP contribution in [0.15, 0.2) is 29.6 Å². The summed E-state index contributed by atoms with van der Waals surface area (Å²) >= 11 is 1.25. The highest BCUT2D eigenvalue weighted by molar-refractivity contribution is 7.14. The third kappa shape index (κ3) is 3.68. The number of carbonyl (C=O) groups excluding carboxylic acids is 3.